The molecule has 0 saturated heterocycles. The van der Waals surface area contributed by atoms with Crippen LogP contribution in [0.15, 0.2) is 16.6 Å². The number of aldehydes is 1. The van der Waals surface area contributed by atoms with Gasteiger partial charge in [0.15, 0.2) is 11.5 Å². The number of nitrogens with zero attached hydrogens (tertiary/aromatic N) is 1. The van der Waals surface area contributed by atoms with E-state index in [0.717, 1.165) is 30.4 Å². The van der Waals surface area contributed by atoms with Gasteiger partial charge in [-0.05, 0) is 48.1 Å². The normalized spacial score (nSPS) is 10.7. The summed E-state index contributed by atoms with van der Waals surface area (Å²) in [6.45, 7) is 10.1. The van der Waals surface area contributed by atoms with Crippen LogP contribution >= 0.6 is 15.9 Å². The Bertz CT molecular complexity index is 433. The highest BCUT2D eigenvalue weighted by atomic mass is 79.9. The molecule has 1 aromatic rings. The standard InChI is InChI=1S/C15H22BrNO3/c1-4-17(5-2)7-8-20-15-13(16)9-12(11-18)10-14(15)19-6-3/h9-11H,4-8H2,1-3H3. The molecule has 0 aromatic heterocycles. The van der Waals surface area contributed by atoms with Crippen LogP contribution in [-0.4, -0.2) is 44.0 Å². The van der Waals surface area contributed by atoms with Gasteiger partial charge < -0.3 is 14.4 Å². The highest BCUT2D eigenvalue weighted by Gasteiger charge is 2.12. The molecule has 0 fully saturated rings. The van der Waals surface area contributed by atoms with Gasteiger partial charge in [0, 0.05) is 12.1 Å². The van der Waals surface area contributed by atoms with Crippen LogP contribution in [0.3, 0.4) is 0 Å². The van der Waals surface area contributed by atoms with Crippen LogP contribution in [-0.2, 0) is 0 Å². The minimum absolute atomic E-state index is 0.529. The van der Waals surface area contributed by atoms with Crippen molar-refractivity contribution in [2.24, 2.45) is 0 Å². The molecule has 0 aliphatic rings. The molecule has 0 unspecified atom stereocenters. The molecule has 0 N–H and O–H groups in total. The summed E-state index contributed by atoms with van der Waals surface area (Å²) in [5.74, 6) is 1.26. The molecule has 0 spiro atoms. The minimum Gasteiger partial charge on any atom is -0.490 e. The van der Waals surface area contributed by atoms with Crippen molar-refractivity contribution in [3.05, 3.63) is 22.2 Å². The van der Waals surface area contributed by atoms with Crippen LogP contribution in [0.1, 0.15) is 31.1 Å². The Morgan fingerprint density at radius 3 is 2.45 bits per heavy atom. The molecule has 4 nitrogen and oxygen atoms in total. The number of carbonyl (C=O) groups excluding carboxylic acids is 1. The monoisotopic (exact) mass is 343 g/mol. The maximum Gasteiger partial charge on any atom is 0.175 e. The average Bonchev–Trinajstić information content (AvgIpc) is 2.45. The minimum atomic E-state index is 0.529. The van der Waals surface area contributed by atoms with Gasteiger partial charge in [-0.15, -0.1) is 0 Å². The van der Waals surface area contributed by atoms with Gasteiger partial charge in [0.1, 0.15) is 12.9 Å². The Labute approximate surface area is 129 Å². The lowest BCUT2D eigenvalue weighted by atomic mass is 10.2. The molecule has 0 aliphatic carbocycles. The van der Waals surface area contributed by atoms with E-state index < -0.39 is 0 Å². The molecule has 20 heavy (non-hydrogen) atoms. The number of carbonyl (C=O) groups is 1. The summed E-state index contributed by atoms with van der Waals surface area (Å²) in [6, 6.07) is 3.44. The van der Waals surface area contributed by atoms with Crippen molar-refractivity contribution in [2.75, 3.05) is 32.8 Å². The fourth-order valence-corrected chi connectivity index (χ4v) is 2.45. The van der Waals surface area contributed by atoms with Crippen LogP contribution in [0.2, 0.25) is 0 Å². The van der Waals surface area contributed by atoms with Crippen LogP contribution in [0.25, 0.3) is 0 Å². The molecule has 5 heteroatoms. The van der Waals surface area contributed by atoms with Crippen molar-refractivity contribution in [1.82, 2.24) is 4.90 Å². The summed E-state index contributed by atoms with van der Waals surface area (Å²) < 4.78 is 12.1. The topological polar surface area (TPSA) is 38.8 Å². The van der Waals surface area contributed by atoms with E-state index in [1.807, 2.05) is 6.92 Å². The third kappa shape index (κ3) is 4.80. The zero-order valence-corrected chi connectivity index (χ0v) is 13.9. The zero-order valence-electron chi connectivity index (χ0n) is 12.3. The molecule has 112 valence electrons. The lowest BCUT2D eigenvalue weighted by Gasteiger charge is -2.19. The smallest absolute Gasteiger partial charge is 0.175 e. The van der Waals surface area contributed by atoms with E-state index in [0.29, 0.717) is 30.3 Å². The first kappa shape index (κ1) is 17.0. The van der Waals surface area contributed by atoms with Crippen molar-refractivity contribution in [2.45, 2.75) is 20.8 Å². The summed E-state index contributed by atoms with van der Waals surface area (Å²) in [5.41, 5.74) is 0.566. The molecule has 1 aromatic carbocycles. The van der Waals surface area contributed by atoms with E-state index in [4.69, 9.17) is 9.47 Å². The van der Waals surface area contributed by atoms with Gasteiger partial charge in [0.2, 0.25) is 0 Å². The number of hydrogen-bond acceptors (Lipinski definition) is 4. The fraction of sp³-hybridized carbons (Fsp3) is 0.533. The van der Waals surface area contributed by atoms with E-state index in [1.54, 1.807) is 12.1 Å². The largest absolute Gasteiger partial charge is 0.490 e. The maximum atomic E-state index is 10.9. The van der Waals surface area contributed by atoms with Gasteiger partial charge >= 0.3 is 0 Å². The van der Waals surface area contributed by atoms with Crippen LogP contribution in [0.4, 0.5) is 0 Å². The van der Waals surface area contributed by atoms with Crippen molar-refractivity contribution < 1.29 is 14.3 Å². The number of likely N-dealkylation sites (N-methyl/N-ethyl adjacent to an activating group) is 1. The predicted molar refractivity (Wildman–Crippen MR) is 84.0 cm³/mol. The number of halogens is 1. The molecule has 0 heterocycles. The summed E-state index contributed by atoms with van der Waals surface area (Å²) in [5, 5.41) is 0. The van der Waals surface area contributed by atoms with E-state index in [9.17, 15) is 4.79 Å². The van der Waals surface area contributed by atoms with Crippen LogP contribution in [0.5, 0.6) is 11.5 Å². The lowest BCUT2D eigenvalue weighted by Crippen LogP contribution is -2.28. The van der Waals surface area contributed by atoms with E-state index >= 15 is 0 Å². The van der Waals surface area contributed by atoms with Gasteiger partial charge in [-0.2, -0.15) is 0 Å². The third-order valence-corrected chi connectivity index (χ3v) is 3.61. The molecule has 0 radical (unpaired) electrons. The van der Waals surface area contributed by atoms with Gasteiger partial charge in [-0.1, -0.05) is 13.8 Å². The van der Waals surface area contributed by atoms with Crippen molar-refractivity contribution in [3.63, 3.8) is 0 Å². The van der Waals surface area contributed by atoms with E-state index in [2.05, 4.69) is 34.7 Å². The number of ether oxygens (including phenoxy) is 2. The molecule has 1 rings (SSSR count). The molecular formula is C15H22BrNO3. The Hall–Kier alpha value is -1.07. The summed E-state index contributed by atoms with van der Waals surface area (Å²) in [4.78, 5) is 13.2. The van der Waals surface area contributed by atoms with Crippen molar-refractivity contribution in [3.8, 4) is 11.5 Å². The second-order valence-electron chi connectivity index (χ2n) is 4.26. The van der Waals surface area contributed by atoms with E-state index in [-0.39, 0.29) is 0 Å². The Morgan fingerprint density at radius 1 is 1.20 bits per heavy atom. The van der Waals surface area contributed by atoms with Crippen LogP contribution in [0, 0.1) is 0 Å². The quantitative estimate of drug-likeness (QED) is 0.644. The third-order valence-electron chi connectivity index (χ3n) is 3.02. The average molecular weight is 344 g/mol. The second kappa shape index (κ2) is 8.97. The lowest BCUT2D eigenvalue weighted by molar-refractivity contribution is 0.112. The first-order valence-electron chi connectivity index (χ1n) is 6.92. The first-order chi connectivity index (χ1) is 9.65. The van der Waals surface area contributed by atoms with Crippen molar-refractivity contribution in [1.29, 1.82) is 0 Å². The Balaban J connectivity index is 2.79. The highest BCUT2D eigenvalue weighted by molar-refractivity contribution is 9.10. The first-order valence-corrected chi connectivity index (χ1v) is 7.72. The van der Waals surface area contributed by atoms with Gasteiger partial charge in [0.05, 0.1) is 11.1 Å². The SMILES string of the molecule is CCOc1cc(C=O)cc(Br)c1OCCN(CC)CC. The number of benzene rings is 1. The summed E-state index contributed by atoms with van der Waals surface area (Å²) >= 11 is 3.43. The fourth-order valence-electron chi connectivity index (χ4n) is 1.88. The zero-order chi connectivity index (χ0) is 15.0. The molecular weight excluding hydrogens is 322 g/mol. The van der Waals surface area contributed by atoms with Gasteiger partial charge in [0.25, 0.3) is 0 Å². The van der Waals surface area contributed by atoms with Gasteiger partial charge in [-0.3, -0.25) is 4.79 Å². The maximum absolute atomic E-state index is 10.9. The van der Waals surface area contributed by atoms with E-state index in [1.165, 1.54) is 0 Å². The Morgan fingerprint density at radius 2 is 1.90 bits per heavy atom. The number of hydrogen-bond donors (Lipinski definition) is 0. The predicted octanol–water partition coefficient (Wildman–Crippen LogP) is 3.38. The van der Waals surface area contributed by atoms with Crippen LogP contribution < -0.4 is 9.47 Å². The molecule has 0 atom stereocenters. The number of rotatable bonds is 9. The van der Waals surface area contributed by atoms with Crippen molar-refractivity contribution >= 4 is 22.2 Å². The molecule has 0 bridgehead atoms. The van der Waals surface area contributed by atoms with Gasteiger partial charge in [-0.25, -0.2) is 0 Å². The molecule has 0 amide bonds. The molecule has 0 aliphatic heterocycles. The summed E-state index contributed by atoms with van der Waals surface area (Å²) in [7, 11) is 0. The summed E-state index contributed by atoms with van der Waals surface area (Å²) in [6.07, 6.45) is 0.799. The Kier molecular flexibility index (Phi) is 7.62. The second-order valence-corrected chi connectivity index (χ2v) is 5.11. The molecule has 0 saturated carbocycles. The highest BCUT2D eigenvalue weighted by Crippen LogP contribution is 2.36.